The Morgan fingerprint density at radius 3 is 2.77 bits per heavy atom. The minimum atomic E-state index is 0.773. The molecule has 1 saturated heterocycles. The van der Waals surface area contributed by atoms with Crippen molar-refractivity contribution in [3.05, 3.63) is 23.8 Å². The van der Waals surface area contributed by atoms with E-state index in [4.69, 9.17) is 5.73 Å². The van der Waals surface area contributed by atoms with E-state index in [0.29, 0.717) is 0 Å². The molecule has 0 spiro atoms. The molecule has 0 aromatic heterocycles. The van der Waals surface area contributed by atoms with Crippen molar-refractivity contribution in [2.24, 2.45) is 0 Å². The Labute approximate surface area is 135 Å². The summed E-state index contributed by atoms with van der Waals surface area (Å²) in [5.41, 5.74) is 9.66. The van der Waals surface area contributed by atoms with Gasteiger partial charge in [0.25, 0.3) is 0 Å². The van der Waals surface area contributed by atoms with Gasteiger partial charge in [0, 0.05) is 37.4 Å². The monoisotopic (exact) mass is 303 g/mol. The van der Waals surface area contributed by atoms with Crippen LogP contribution in [0, 0.1) is 0 Å². The molecule has 4 nitrogen and oxygen atoms in total. The molecule has 1 unspecified atom stereocenters. The van der Waals surface area contributed by atoms with Gasteiger partial charge in [-0.1, -0.05) is 6.07 Å². The number of piperidine rings is 1. The molecule has 0 aliphatic carbocycles. The molecule has 1 aromatic rings. The van der Waals surface area contributed by atoms with Gasteiger partial charge >= 0.3 is 0 Å². The Bertz CT molecular complexity index is 520. The molecule has 0 bridgehead atoms. The SMILES string of the molecule is C[N+](C)(C)C1CCCN(CCN2CCc3ccc(N)cc32)C1. The number of nitrogens with two attached hydrogens (primary N) is 1. The van der Waals surface area contributed by atoms with Gasteiger partial charge in [-0.25, -0.2) is 0 Å². The summed E-state index contributed by atoms with van der Waals surface area (Å²) in [7, 11) is 6.98. The Hall–Kier alpha value is -1.26. The zero-order chi connectivity index (χ0) is 15.7. The quantitative estimate of drug-likeness (QED) is 0.680. The lowest BCUT2D eigenvalue weighted by Crippen LogP contribution is -2.54. The van der Waals surface area contributed by atoms with Crippen molar-refractivity contribution >= 4 is 11.4 Å². The van der Waals surface area contributed by atoms with Crippen LogP contribution in [0.1, 0.15) is 18.4 Å². The predicted molar refractivity (Wildman–Crippen MR) is 94.3 cm³/mol. The van der Waals surface area contributed by atoms with E-state index in [1.807, 2.05) is 6.07 Å². The van der Waals surface area contributed by atoms with E-state index in [-0.39, 0.29) is 0 Å². The van der Waals surface area contributed by atoms with Gasteiger partial charge in [-0.05, 0) is 37.1 Å². The summed E-state index contributed by atoms with van der Waals surface area (Å²) in [6, 6.07) is 7.14. The second-order valence-electron chi connectivity index (χ2n) is 7.84. The molecule has 0 amide bonds. The van der Waals surface area contributed by atoms with Gasteiger partial charge in [-0.2, -0.15) is 0 Å². The minimum Gasteiger partial charge on any atom is -0.399 e. The third-order valence-electron chi connectivity index (χ3n) is 5.36. The number of hydrogen-bond acceptors (Lipinski definition) is 3. The van der Waals surface area contributed by atoms with Crippen molar-refractivity contribution in [1.82, 2.24) is 4.90 Å². The van der Waals surface area contributed by atoms with E-state index in [9.17, 15) is 0 Å². The molecular weight excluding hydrogens is 272 g/mol. The van der Waals surface area contributed by atoms with Crippen LogP contribution in [-0.4, -0.2) is 69.3 Å². The van der Waals surface area contributed by atoms with E-state index in [2.05, 4.69) is 43.1 Å². The number of nitrogens with zero attached hydrogens (tertiary/aromatic N) is 3. The fourth-order valence-electron chi connectivity index (χ4n) is 3.82. The lowest BCUT2D eigenvalue weighted by atomic mass is 10.0. The predicted octanol–water partition coefficient (Wildman–Crippen LogP) is 1.80. The molecule has 4 heteroatoms. The second kappa shape index (κ2) is 6.09. The molecule has 0 radical (unpaired) electrons. The number of likely N-dealkylation sites (N-methyl/N-ethyl adjacent to an activating group) is 1. The van der Waals surface area contributed by atoms with Crippen LogP contribution in [0.5, 0.6) is 0 Å². The molecule has 2 heterocycles. The third kappa shape index (κ3) is 3.39. The molecule has 122 valence electrons. The van der Waals surface area contributed by atoms with Crippen LogP contribution in [0.4, 0.5) is 11.4 Å². The highest BCUT2D eigenvalue weighted by atomic mass is 15.3. The summed E-state index contributed by atoms with van der Waals surface area (Å²) in [4.78, 5) is 5.17. The lowest BCUT2D eigenvalue weighted by molar-refractivity contribution is -0.896. The fraction of sp³-hybridized carbons (Fsp3) is 0.667. The van der Waals surface area contributed by atoms with Crippen LogP contribution in [-0.2, 0) is 6.42 Å². The summed E-state index contributed by atoms with van der Waals surface area (Å²) in [6.07, 6.45) is 3.87. The number of anilines is 2. The molecule has 1 atom stereocenters. The number of likely N-dealkylation sites (tertiary alicyclic amines) is 1. The highest BCUT2D eigenvalue weighted by Gasteiger charge is 2.30. The maximum atomic E-state index is 5.96. The standard InChI is InChI=1S/C18H31N4/c1-22(2,3)17-5-4-9-20(14-17)11-12-21-10-8-15-6-7-16(19)13-18(15)21/h6-7,13,17H,4-5,8-12,14,19H2,1-3H3/q+1. The van der Waals surface area contributed by atoms with Gasteiger partial charge in [0.15, 0.2) is 0 Å². The maximum Gasteiger partial charge on any atom is 0.101 e. The number of fused-ring (bicyclic) bond motifs is 1. The summed E-state index contributed by atoms with van der Waals surface area (Å²) in [5.74, 6) is 0. The molecule has 2 aliphatic rings. The van der Waals surface area contributed by atoms with Crippen molar-refractivity contribution in [1.29, 1.82) is 0 Å². The average Bonchev–Trinajstić information content (AvgIpc) is 2.87. The summed E-state index contributed by atoms with van der Waals surface area (Å²) < 4.78 is 1.08. The minimum absolute atomic E-state index is 0.773. The highest BCUT2D eigenvalue weighted by molar-refractivity contribution is 5.64. The van der Waals surface area contributed by atoms with E-state index in [0.717, 1.165) is 35.7 Å². The Kier molecular flexibility index (Phi) is 4.33. The van der Waals surface area contributed by atoms with Crippen molar-refractivity contribution in [3.63, 3.8) is 0 Å². The van der Waals surface area contributed by atoms with Crippen LogP contribution in [0.25, 0.3) is 0 Å². The molecule has 1 fully saturated rings. The van der Waals surface area contributed by atoms with Crippen LogP contribution in [0.15, 0.2) is 18.2 Å². The Morgan fingerprint density at radius 2 is 2.00 bits per heavy atom. The first kappa shape index (κ1) is 15.6. The van der Waals surface area contributed by atoms with Crippen molar-refractivity contribution in [2.45, 2.75) is 25.3 Å². The smallest absolute Gasteiger partial charge is 0.101 e. The van der Waals surface area contributed by atoms with Crippen LogP contribution < -0.4 is 10.6 Å². The molecule has 3 rings (SSSR count). The highest BCUT2D eigenvalue weighted by Crippen LogP contribution is 2.29. The first-order valence-corrected chi connectivity index (χ1v) is 8.60. The second-order valence-corrected chi connectivity index (χ2v) is 7.84. The number of benzene rings is 1. The Balaban J connectivity index is 1.57. The Morgan fingerprint density at radius 1 is 1.18 bits per heavy atom. The zero-order valence-electron chi connectivity index (χ0n) is 14.4. The van der Waals surface area contributed by atoms with Gasteiger partial charge < -0.3 is 15.1 Å². The van der Waals surface area contributed by atoms with Crippen LogP contribution in [0.2, 0.25) is 0 Å². The number of hydrogen-bond donors (Lipinski definition) is 1. The normalized spacial score (nSPS) is 22.9. The van der Waals surface area contributed by atoms with E-state index in [1.165, 1.54) is 43.7 Å². The van der Waals surface area contributed by atoms with Crippen molar-refractivity contribution in [3.8, 4) is 0 Å². The van der Waals surface area contributed by atoms with Crippen molar-refractivity contribution < 1.29 is 4.48 Å². The molecule has 0 saturated carbocycles. The topological polar surface area (TPSA) is 32.5 Å². The molecule has 2 aliphatic heterocycles. The van der Waals surface area contributed by atoms with Gasteiger partial charge in [0.05, 0.1) is 27.7 Å². The van der Waals surface area contributed by atoms with Gasteiger partial charge in [0.1, 0.15) is 6.04 Å². The van der Waals surface area contributed by atoms with E-state index < -0.39 is 0 Å². The number of nitrogen functional groups attached to an aromatic ring is 1. The molecular formula is C18H31N4+. The molecule has 22 heavy (non-hydrogen) atoms. The fourth-order valence-corrected chi connectivity index (χ4v) is 3.82. The summed E-state index contributed by atoms with van der Waals surface area (Å²) in [6.45, 7) is 5.94. The van der Waals surface area contributed by atoms with Crippen LogP contribution >= 0.6 is 0 Å². The van der Waals surface area contributed by atoms with E-state index >= 15 is 0 Å². The largest absolute Gasteiger partial charge is 0.399 e. The average molecular weight is 303 g/mol. The van der Waals surface area contributed by atoms with Crippen molar-refractivity contribution in [2.75, 3.05) is 64.5 Å². The summed E-state index contributed by atoms with van der Waals surface area (Å²) in [5, 5.41) is 0. The molecule has 1 aromatic carbocycles. The van der Waals surface area contributed by atoms with Crippen LogP contribution in [0.3, 0.4) is 0 Å². The first-order valence-electron chi connectivity index (χ1n) is 8.60. The third-order valence-corrected chi connectivity index (χ3v) is 5.36. The molecule has 2 N–H and O–H groups in total. The summed E-state index contributed by atoms with van der Waals surface area (Å²) >= 11 is 0. The zero-order valence-corrected chi connectivity index (χ0v) is 14.4. The van der Waals surface area contributed by atoms with Gasteiger partial charge in [-0.15, -0.1) is 0 Å². The number of quaternary nitrogens is 1. The lowest BCUT2D eigenvalue weighted by Gasteiger charge is -2.41. The van der Waals surface area contributed by atoms with Gasteiger partial charge in [0.2, 0.25) is 0 Å². The van der Waals surface area contributed by atoms with E-state index in [1.54, 1.807) is 0 Å². The maximum absolute atomic E-state index is 5.96. The van der Waals surface area contributed by atoms with Gasteiger partial charge in [-0.3, -0.25) is 4.90 Å². The first-order chi connectivity index (χ1) is 10.4. The number of rotatable bonds is 4.